The quantitative estimate of drug-likeness (QED) is 0.0321. The molecule has 3 N–H and O–H groups in total. The van der Waals surface area contributed by atoms with Crippen molar-refractivity contribution in [2.24, 2.45) is 0 Å². The van der Waals surface area contributed by atoms with Crippen LogP contribution >= 0.6 is 0 Å². The van der Waals surface area contributed by atoms with E-state index in [-0.39, 0.29) is 18.5 Å². The molecule has 0 aromatic heterocycles. The minimum atomic E-state index is -0.842. The molecule has 0 aromatic rings. The zero-order chi connectivity index (χ0) is 47.9. The smallest absolute Gasteiger partial charge is 0.305 e. The van der Waals surface area contributed by atoms with Gasteiger partial charge in [-0.3, -0.25) is 9.59 Å². The van der Waals surface area contributed by atoms with Gasteiger partial charge < -0.3 is 20.3 Å². The predicted octanol–water partition coefficient (Wildman–Crippen LogP) is 18.2. The Hall–Kier alpha value is -1.66. The zero-order valence-electron chi connectivity index (χ0n) is 44.4. The van der Waals surface area contributed by atoms with Gasteiger partial charge in [0.2, 0.25) is 5.91 Å². The van der Waals surface area contributed by atoms with Crippen LogP contribution in [0, 0.1) is 0 Å². The van der Waals surface area contributed by atoms with E-state index in [1.54, 1.807) is 6.08 Å². The van der Waals surface area contributed by atoms with Gasteiger partial charge in [-0.1, -0.05) is 276 Å². The molecule has 1 amide bonds. The Bertz CT molecular complexity index is 1030. The summed E-state index contributed by atoms with van der Waals surface area (Å²) in [6.45, 7) is 4.88. The van der Waals surface area contributed by atoms with Crippen LogP contribution in [-0.4, -0.2) is 47.4 Å². The van der Waals surface area contributed by atoms with Crippen molar-refractivity contribution in [3.05, 3.63) is 24.3 Å². The first-order chi connectivity index (χ1) is 32.5. The molecule has 0 saturated heterocycles. The van der Waals surface area contributed by atoms with Crippen molar-refractivity contribution in [3.63, 3.8) is 0 Å². The molecular weight excluding hydrogens is 815 g/mol. The summed E-state index contributed by atoms with van der Waals surface area (Å²) in [5.41, 5.74) is 0. The molecule has 0 aliphatic carbocycles. The summed E-state index contributed by atoms with van der Waals surface area (Å²) in [6, 6.07) is -0.626. The van der Waals surface area contributed by atoms with Crippen LogP contribution in [-0.2, 0) is 14.3 Å². The summed E-state index contributed by atoms with van der Waals surface area (Å²) in [4.78, 5) is 24.5. The number of nitrogens with one attached hydrogen (secondary N) is 1. The highest BCUT2D eigenvalue weighted by Gasteiger charge is 2.18. The Morgan fingerprint density at radius 3 is 1.08 bits per heavy atom. The van der Waals surface area contributed by atoms with Crippen molar-refractivity contribution >= 4 is 11.9 Å². The predicted molar refractivity (Wildman–Crippen MR) is 287 cm³/mol. The standard InChI is InChI=1S/C60H115NO5/c1-3-5-7-9-11-13-14-15-16-17-21-25-28-31-34-38-42-46-50-54-60(65)66-55-51-47-43-39-35-32-29-26-23-20-18-19-22-24-27-30-33-37-41-45-49-53-59(64)61-57(56-62)58(63)52-48-44-40-36-12-10-8-6-4-2/h15-16,48,52,57-58,62-63H,3-14,17-47,49-51,53-56H2,1-2H3,(H,61,64)/b16-15-,52-48+. The molecular formula is C60H115NO5. The molecule has 0 aliphatic rings. The maximum absolute atomic E-state index is 12.4. The number of allylic oxidation sites excluding steroid dienone is 3. The van der Waals surface area contributed by atoms with Gasteiger partial charge in [0.15, 0.2) is 0 Å². The van der Waals surface area contributed by atoms with E-state index in [0.717, 1.165) is 44.9 Å². The second kappa shape index (κ2) is 55.9. The zero-order valence-corrected chi connectivity index (χ0v) is 44.4. The minimum Gasteiger partial charge on any atom is -0.466 e. The maximum Gasteiger partial charge on any atom is 0.305 e. The Morgan fingerprint density at radius 1 is 0.409 bits per heavy atom. The van der Waals surface area contributed by atoms with E-state index in [4.69, 9.17) is 4.74 Å². The first kappa shape index (κ1) is 64.3. The molecule has 0 saturated carbocycles. The first-order valence-electron chi connectivity index (χ1n) is 29.6. The van der Waals surface area contributed by atoms with Gasteiger partial charge in [0.05, 0.1) is 25.4 Å². The normalized spacial score (nSPS) is 12.7. The van der Waals surface area contributed by atoms with E-state index in [0.29, 0.717) is 19.4 Å². The molecule has 0 rings (SSSR count). The van der Waals surface area contributed by atoms with Crippen LogP contribution < -0.4 is 5.32 Å². The second-order valence-electron chi connectivity index (χ2n) is 20.3. The third kappa shape index (κ3) is 51.7. The van der Waals surface area contributed by atoms with Gasteiger partial charge in [0.25, 0.3) is 0 Å². The lowest BCUT2D eigenvalue weighted by Gasteiger charge is -2.20. The SMILES string of the molecule is CCCCCCCC/C=C\CCCCCCCCCCCC(=O)OCCCCCCCCCCCCCCCCCCCCCCCC(=O)NC(CO)C(O)/C=C/CCCCCCCCC. The molecule has 0 radical (unpaired) electrons. The van der Waals surface area contributed by atoms with Crippen LogP contribution in [0.25, 0.3) is 0 Å². The van der Waals surface area contributed by atoms with Crippen LogP contribution in [0.1, 0.15) is 322 Å². The van der Waals surface area contributed by atoms with Crippen molar-refractivity contribution in [1.29, 1.82) is 0 Å². The monoisotopic (exact) mass is 930 g/mol. The van der Waals surface area contributed by atoms with Gasteiger partial charge in [0, 0.05) is 12.8 Å². The number of amides is 1. The van der Waals surface area contributed by atoms with E-state index in [2.05, 4.69) is 31.3 Å². The number of esters is 1. The van der Waals surface area contributed by atoms with Gasteiger partial charge >= 0.3 is 5.97 Å². The molecule has 6 nitrogen and oxygen atoms in total. The molecule has 2 unspecified atom stereocenters. The lowest BCUT2D eigenvalue weighted by atomic mass is 10.0. The Labute approximate surface area is 411 Å². The van der Waals surface area contributed by atoms with Crippen molar-refractivity contribution in [2.45, 2.75) is 334 Å². The van der Waals surface area contributed by atoms with Crippen LogP contribution in [0.2, 0.25) is 0 Å². The Balaban J connectivity index is 3.35. The molecule has 0 bridgehead atoms. The Morgan fingerprint density at radius 2 is 0.712 bits per heavy atom. The molecule has 2 atom stereocenters. The van der Waals surface area contributed by atoms with E-state index in [1.165, 1.54) is 250 Å². The van der Waals surface area contributed by atoms with Gasteiger partial charge in [-0.2, -0.15) is 0 Å². The maximum atomic E-state index is 12.4. The van der Waals surface area contributed by atoms with Crippen LogP contribution in [0.15, 0.2) is 24.3 Å². The van der Waals surface area contributed by atoms with Gasteiger partial charge in [0.1, 0.15) is 0 Å². The highest BCUT2D eigenvalue weighted by atomic mass is 16.5. The summed E-state index contributed by atoms with van der Waals surface area (Å²) in [7, 11) is 0. The molecule has 0 heterocycles. The number of rotatable bonds is 55. The third-order valence-corrected chi connectivity index (χ3v) is 13.7. The lowest BCUT2D eigenvalue weighted by Crippen LogP contribution is -2.45. The van der Waals surface area contributed by atoms with Gasteiger partial charge in [-0.05, 0) is 57.8 Å². The molecule has 0 aromatic carbocycles. The number of ether oxygens (including phenoxy) is 1. The topological polar surface area (TPSA) is 95.9 Å². The third-order valence-electron chi connectivity index (χ3n) is 13.7. The van der Waals surface area contributed by atoms with E-state index in [1.807, 2.05) is 6.08 Å². The molecule has 0 aliphatic heterocycles. The average Bonchev–Trinajstić information content (AvgIpc) is 3.32. The molecule has 6 heteroatoms. The van der Waals surface area contributed by atoms with E-state index < -0.39 is 12.1 Å². The summed E-state index contributed by atoms with van der Waals surface area (Å²) < 4.78 is 5.50. The highest BCUT2D eigenvalue weighted by Crippen LogP contribution is 2.17. The molecule has 390 valence electrons. The van der Waals surface area contributed by atoms with Crippen LogP contribution in [0.5, 0.6) is 0 Å². The number of carbonyl (C=O) groups excluding carboxylic acids is 2. The van der Waals surface area contributed by atoms with Crippen molar-refractivity contribution in [3.8, 4) is 0 Å². The minimum absolute atomic E-state index is 0.0109. The summed E-state index contributed by atoms with van der Waals surface area (Å²) in [5, 5.41) is 22.9. The second-order valence-corrected chi connectivity index (χ2v) is 20.3. The summed E-state index contributed by atoms with van der Waals surface area (Å²) >= 11 is 0. The summed E-state index contributed by atoms with van der Waals surface area (Å²) in [6.07, 6.45) is 67.9. The first-order valence-corrected chi connectivity index (χ1v) is 29.6. The van der Waals surface area contributed by atoms with Crippen molar-refractivity contribution in [2.75, 3.05) is 13.2 Å². The van der Waals surface area contributed by atoms with Gasteiger partial charge in [-0.15, -0.1) is 0 Å². The number of carbonyl (C=O) groups is 2. The molecule has 66 heavy (non-hydrogen) atoms. The number of aliphatic hydroxyl groups excluding tert-OH is 2. The molecule has 0 spiro atoms. The number of hydrogen-bond donors (Lipinski definition) is 3. The largest absolute Gasteiger partial charge is 0.466 e. The van der Waals surface area contributed by atoms with Crippen molar-refractivity contribution in [1.82, 2.24) is 5.32 Å². The van der Waals surface area contributed by atoms with E-state index in [9.17, 15) is 19.8 Å². The average molecular weight is 931 g/mol. The lowest BCUT2D eigenvalue weighted by molar-refractivity contribution is -0.143. The van der Waals surface area contributed by atoms with Crippen LogP contribution in [0.3, 0.4) is 0 Å². The fourth-order valence-corrected chi connectivity index (χ4v) is 9.16. The van der Waals surface area contributed by atoms with Gasteiger partial charge in [-0.25, -0.2) is 0 Å². The van der Waals surface area contributed by atoms with Crippen LogP contribution in [0.4, 0.5) is 0 Å². The van der Waals surface area contributed by atoms with E-state index >= 15 is 0 Å². The number of aliphatic hydroxyl groups is 2. The number of unbranched alkanes of at least 4 members (excludes halogenated alkanes) is 42. The summed E-state index contributed by atoms with van der Waals surface area (Å²) in [5.74, 6) is -0.0601. The number of hydrogen-bond acceptors (Lipinski definition) is 5. The highest BCUT2D eigenvalue weighted by molar-refractivity contribution is 5.76. The van der Waals surface area contributed by atoms with Crippen molar-refractivity contribution < 1.29 is 24.5 Å². The molecule has 0 fully saturated rings. The Kier molecular flexibility index (Phi) is 54.5. The fraction of sp³-hybridized carbons (Fsp3) is 0.900. The fourth-order valence-electron chi connectivity index (χ4n) is 9.16.